The van der Waals surface area contributed by atoms with E-state index in [1.807, 2.05) is 17.0 Å². The van der Waals surface area contributed by atoms with Crippen molar-refractivity contribution in [3.8, 4) is 0 Å². The number of furan rings is 1. The van der Waals surface area contributed by atoms with Crippen LogP contribution in [0.1, 0.15) is 36.6 Å². The van der Waals surface area contributed by atoms with E-state index in [9.17, 15) is 4.79 Å². The van der Waals surface area contributed by atoms with Gasteiger partial charge in [-0.15, -0.1) is 0 Å². The van der Waals surface area contributed by atoms with Crippen LogP contribution in [0.25, 0.3) is 0 Å². The summed E-state index contributed by atoms with van der Waals surface area (Å²) in [6, 6.07) is 6.11. The fraction of sp³-hybridized carbons (Fsp3) is 0.471. The summed E-state index contributed by atoms with van der Waals surface area (Å²) in [6.45, 7) is 2.55. The summed E-state index contributed by atoms with van der Waals surface area (Å²) in [5.41, 5.74) is 1.25. The Morgan fingerprint density at radius 3 is 3.22 bits per heavy atom. The number of hydrogen-bond acceptors (Lipinski definition) is 4. The lowest BCUT2D eigenvalue weighted by Gasteiger charge is -2.24. The van der Waals surface area contributed by atoms with Gasteiger partial charge in [-0.3, -0.25) is 0 Å². The lowest BCUT2D eigenvalue weighted by molar-refractivity contribution is 0.104. The van der Waals surface area contributed by atoms with Crippen molar-refractivity contribution in [2.45, 2.75) is 31.9 Å². The molecule has 3 rings (SSSR count). The van der Waals surface area contributed by atoms with Gasteiger partial charge in [0.1, 0.15) is 12.4 Å². The first-order chi connectivity index (χ1) is 11.3. The molecule has 1 atom stereocenters. The molecule has 1 saturated heterocycles. The molecule has 2 aromatic heterocycles. The summed E-state index contributed by atoms with van der Waals surface area (Å²) in [7, 11) is 0. The summed E-state index contributed by atoms with van der Waals surface area (Å²) < 4.78 is 10.7. The molecule has 0 bridgehead atoms. The van der Waals surface area contributed by atoms with Crippen molar-refractivity contribution in [1.82, 2.24) is 10.2 Å². The molecule has 3 heterocycles. The van der Waals surface area contributed by atoms with E-state index in [0.29, 0.717) is 19.8 Å². The maximum Gasteiger partial charge on any atom is 0.317 e. The largest absolute Gasteiger partial charge is 0.467 e. The number of urea groups is 1. The molecule has 0 aliphatic carbocycles. The predicted octanol–water partition coefficient (Wildman–Crippen LogP) is 3.79. The lowest BCUT2D eigenvalue weighted by Crippen LogP contribution is -2.40. The molecular formula is C17H22N2O3S. The number of rotatable bonds is 7. The van der Waals surface area contributed by atoms with E-state index in [4.69, 9.17) is 9.15 Å². The molecule has 1 N–H and O–H groups in total. The lowest BCUT2D eigenvalue weighted by atomic mass is 10.1. The minimum Gasteiger partial charge on any atom is -0.467 e. The van der Waals surface area contributed by atoms with Gasteiger partial charge in [-0.2, -0.15) is 11.3 Å². The van der Waals surface area contributed by atoms with Gasteiger partial charge in [0.05, 0.1) is 12.3 Å². The van der Waals surface area contributed by atoms with Crippen LogP contribution in [0.4, 0.5) is 4.79 Å². The van der Waals surface area contributed by atoms with Crippen molar-refractivity contribution in [2.24, 2.45) is 0 Å². The number of nitrogens with one attached hydrogen (secondary N) is 1. The van der Waals surface area contributed by atoms with Crippen LogP contribution in [0.5, 0.6) is 0 Å². The van der Waals surface area contributed by atoms with Gasteiger partial charge in [0.15, 0.2) is 0 Å². The molecule has 1 aliphatic rings. The molecule has 0 aromatic carbocycles. The molecule has 0 saturated carbocycles. The first kappa shape index (κ1) is 16.1. The number of amides is 2. The van der Waals surface area contributed by atoms with Gasteiger partial charge in [0, 0.05) is 19.7 Å². The topological polar surface area (TPSA) is 54.7 Å². The van der Waals surface area contributed by atoms with Gasteiger partial charge in [-0.05, 0) is 53.8 Å². The predicted molar refractivity (Wildman–Crippen MR) is 89.4 cm³/mol. The zero-order valence-electron chi connectivity index (χ0n) is 13.1. The molecule has 1 aliphatic heterocycles. The Kier molecular flexibility index (Phi) is 5.71. The van der Waals surface area contributed by atoms with Gasteiger partial charge in [-0.25, -0.2) is 4.79 Å². The van der Waals surface area contributed by atoms with Crippen LogP contribution in [0.3, 0.4) is 0 Å². The van der Waals surface area contributed by atoms with E-state index < -0.39 is 0 Å². The van der Waals surface area contributed by atoms with Crippen LogP contribution in [-0.4, -0.2) is 30.6 Å². The second-order valence-corrected chi connectivity index (χ2v) is 6.41. The highest BCUT2D eigenvalue weighted by Gasteiger charge is 2.29. The van der Waals surface area contributed by atoms with Crippen LogP contribution in [-0.2, 0) is 11.3 Å². The van der Waals surface area contributed by atoms with Crippen molar-refractivity contribution in [3.05, 3.63) is 46.5 Å². The minimum atomic E-state index is 0.0322. The fourth-order valence-electron chi connectivity index (χ4n) is 2.86. The van der Waals surface area contributed by atoms with E-state index in [1.54, 1.807) is 17.6 Å². The van der Waals surface area contributed by atoms with E-state index in [0.717, 1.165) is 31.6 Å². The summed E-state index contributed by atoms with van der Waals surface area (Å²) >= 11 is 1.68. The zero-order chi connectivity index (χ0) is 15.9. The number of carbonyl (C=O) groups excluding carboxylic acids is 1. The number of carbonyl (C=O) groups is 1. The Hall–Kier alpha value is -1.79. The number of hydrogen-bond donors (Lipinski definition) is 1. The maximum atomic E-state index is 12.3. The molecule has 2 amide bonds. The van der Waals surface area contributed by atoms with E-state index >= 15 is 0 Å². The smallest absolute Gasteiger partial charge is 0.317 e. The third-order valence-corrected chi connectivity index (χ3v) is 4.71. The number of nitrogens with zero attached hydrogens (tertiary/aromatic N) is 1. The Balaban J connectivity index is 1.34. The average Bonchev–Trinajstić information content (AvgIpc) is 3.32. The number of ether oxygens (including phenoxy) is 1. The Bertz CT molecular complexity index is 583. The van der Waals surface area contributed by atoms with Crippen LogP contribution >= 0.6 is 11.3 Å². The molecule has 23 heavy (non-hydrogen) atoms. The highest BCUT2D eigenvalue weighted by atomic mass is 32.1. The van der Waals surface area contributed by atoms with Crippen LogP contribution in [0, 0.1) is 0 Å². The Labute approximate surface area is 140 Å². The van der Waals surface area contributed by atoms with E-state index in [1.165, 1.54) is 5.56 Å². The van der Waals surface area contributed by atoms with Crippen molar-refractivity contribution in [2.75, 3.05) is 19.7 Å². The van der Waals surface area contributed by atoms with E-state index in [-0.39, 0.29) is 12.1 Å². The molecule has 2 aromatic rings. The molecule has 0 radical (unpaired) electrons. The highest BCUT2D eigenvalue weighted by molar-refractivity contribution is 7.07. The minimum absolute atomic E-state index is 0.0322. The third-order valence-electron chi connectivity index (χ3n) is 4.01. The standard InChI is InChI=1S/C17H22N2O3S/c20-17(18-7-3-9-21-12-15-4-2-10-22-15)19-8-1-5-16(19)14-6-11-23-13-14/h2,4,6,10-11,13,16H,1,3,5,7-9,12H2,(H,18,20)/t16-/m0/s1. The van der Waals surface area contributed by atoms with Gasteiger partial charge < -0.3 is 19.4 Å². The maximum absolute atomic E-state index is 12.3. The number of likely N-dealkylation sites (tertiary alicyclic amines) is 1. The monoisotopic (exact) mass is 334 g/mol. The van der Waals surface area contributed by atoms with Crippen LogP contribution in [0.15, 0.2) is 39.6 Å². The quantitative estimate of drug-likeness (QED) is 0.784. The van der Waals surface area contributed by atoms with Crippen LogP contribution < -0.4 is 5.32 Å². The first-order valence-electron chi connectivity index (χ1n) is 8.01. The fourth-order valence-corrected chi connectivity index (χ4v) is 3.57. The second kappa shape index (κ2) is 8.17. The highest BCUT2D eigenvalue weighted by Crippen LogP contribution is 2.32. The van der Waals surface area contributed by atoms with Crippen molar-refractivity contribution in [3.63, 3.8) is 0 Å². The average molecular weight is 334 g/mol. The van der Waals surface area contributed by atoms with Crippen molar-refractivity contribution >= 4 is 17.4 Å². The normalized spacial score (nSPS) is 17.6. The number of thiophene rings is 1. The van der Waals surface area contributed by atoms with Crippen molar-refractivity contribution in [1.29, 1.82) is 0 Å². The molecule has 0 unspecified atom stereocenters. The summed E-state index contributed by atoms with van der Waals surface area (Å²) in [4.78, 5) is 14.3. The summed E-state index contributed by atoms with van der Waals surface area (Å²) in [5.74, 6) is 0.824. The molecular weight excluding hydrogens is 312 g/mol. The zero-order valence-corrected chi connectivity index (χ0v) is 13.9. The molecule has 0 spiro atoms. The van der Waals surface area contributed by atoms with Crippen molar-refractivity contribution < 1.29 is 13.9 Å². The van der Waals surface area contributed by atoms with E-state index in [2.05, 4.69) is 22.1 Å². The molecule has 1 fully saturated rings. The Morgan fingerprint density at radius 1 is 1.48 bits per heavy atom. The second-order valence-electron chi connectivity index (χ2n) is 5.63. The third kappa shape index (κ3) is 4.36. The van der Waals surface area contributed by atoms with Gasteiger partial charge in [0.25, 0.3) is 0 Å². The molecule has 6 heteroatoms. The Morgan fingerprint density at radius 2 is 2.43 bits per heavy atom. The van der Waals surface area contributed by atoms with Crippen LogP contribution in [0.2, 0.25) is 0 Å². The first-order valence-corrected chi connectivity index (χ1v) is 8.95. The van der Waals surface area contributed by atoms with Gasteiger partial charge in [0.2, 0.25) is 0 Å². The van der Waals surface area contributed by atoms with Gasteiger partial charge in [-0.1, -0.05) is 0 Å². The SMILES string of the molecule is O=C(NCCCOCc1ccco1)N1CCC[C@H]1c1ccsc1. The van der Waals surface area contributed by atoms with Gasteiger partial charge >= 0.3 is 6.03 Å². The molecule has 5 nitrogen and oxygen atoms in total. The summed E-state index contributed by atoms with van der Waals surface area (Å²) in [5, 5.41) is 7.20. The summed E-state index contributed by atoms with van der Waals surface area (Å²) in [6.07, 6.45) is 4.55. The molecule has 124 valence electrons.